The number of aromatic nitrogens is 2. The van der Waals surface area contributed by atoms with Crippen molar-refractivity contribution in [2.75, 3.05) is 7.05 Å². The molecule has 0 radical (unpaired) electrons. The van der Waals surface area contributed by atoms with Crippen LogP contribution in [0.4, 0.5) is 0 Å². The molecule has 0 spiro atoms. The van der Waals surface area contributed by atoms with Crippen molar-refractivity contribution in [1.29, 1.82) is 0 Å². The summed E-state index contributed by atoms with van der Waals surface area (Å²) in [4.78, 5) is 34.2. The van der Waals surface area contributed by atoms with Crippen molar-refractivity contribution in [3.63, 3.8) is 0 Å². The minimum absolute atomic E-state index is 0.232. The lowest BCUT2D eigenvalue weighted by Gasteiger charge is -2.20. The summed E-state index contributed by atoms with van der Waals surface area (Å²) >= 11 is 1.56. The Labute approximate surface area is 184 Å². The fraction of sp³-hybridized carbons (Fsp3) is 0.292. The Morgan fingerprint density at radius 3 is 2.77 bits per heavy atom. The second kappa shape index (κ2) is 9.31. The summed E-state index contributed by atoms with van der Waals surface area (Å²) < 4.78 is 6.47. The zero-order chi connectivity index (χ0) is 21.8. The molecule has 1 amide bonds. The van der Waals surface area contributed by atoms with E-state index in [-0.39, 0.29) is 18.3 Å². The van der Waals surface area contributed by atoms with Crippen LogP contribution in [0.1, 0.15) is 30.3 Å². The number of aromatic amines is 1. The van der Waals surface area contributed by atoms with Crippen molar-refractivity contribution in [3.8, 4) is 0 Å². The van der Waals surface area contributed by atoms with Crippen LogP contribution in [0.3, 0.4) is 0 Å². The minimum atomic E-state index is -0.819. The van der Waals surface area contributed by atoms with Gasteiger partial charge in [0.2, 0.25) is 0 Å². The molecule has 2 aromatic heterocycles. The highest BCUT2D eigenvalue weighted by atomic mass is 32.1. The molecule has 0 saturated heterocycles. The summed E-state index contributed by atoms with van der Waals surface area (Å²) in [6.07, 6.45) is 2.89. The number of benzene rings is 2. The fourth-order valence-corrected chi connectivity index (χ4v) is 4.67. The molecule has 2 aromatic carbocycles. The number of carbonyl (C=O) groups is 2. The van der Waals surface area contributed by atoms with Crippen molar-refractivity contribution in [2.45, 2.75) is 38.8 Å². The normalized spacial score (nSPS) is 12.2. The Balaban J connectivity index is 1.25. The number of aryl methyl sites for hydroxylation is 1. The van der Waals surface area contributed by atoms with Gasteiger partial charge in [-0.25, -0.2) is 4.98 Å². The van der Waals surface area contributed by atoms with Gasteiger partial charge in [-0.05, 0) is 43.5 Å². The van der Waals surface area contributed by atoms with E-state index in [1.165, 1.54) is 10.9 Å². The van der Waals surface area contributed by atoms with Crippen LogP contribution in [0, 0.1) is 0 Å². The molecule has 1 N–H and O–H groups in total. The van der Waals surface area contributed by atoms with Crippen molar-refractivity contribution in [3.05, 3.63) is 65.3 Å². The van der Waals surface area contributed by atoms with Gasteiger partial charge in [0.15, 0.2) is 6.10 Å². The number of esters is 1. The van der Waals surface area contributed by atoms with E-state index < -0.39 is 6.10 Å². The van der Waals surface area contributed by atoms with Crippen molar-refractivity contribution in [1.82, 2.24) is 14.9 Å². The number of thiazole rings is 1. The Morgan fingerprint density at radius 1 is 1.16 bits per heavy atom. The zero-order valence-corrected chi connectivity index (χ0v) is 18.4. The molecule has 1 unspecified atom stereocenters. The van der Waals surface area contributed by atoms with E-state index in [1.54, 1.807) is 30.2 Å². The molecule has 0 aliphatic carbocycles. The van der Waals surface area contributed by atoms with Crippen LogP contribution in [0.5, 0.6) is 0 Å². The predicted octanol–water partition coefficient (Wildman–Crippen LogP) is 4.69. The van der Waals surface area contributed by atoms with Gasteiger partial charge >= 0.3 is 5.97 Å². The third kappa shape index (κ3) is 4.94. The van der Waals surface area contributed by atoms with E-state index in [0.29, 0.717) is 13.0 Å². The first-order chi connectivity index (χ1) is 15.0. The predicted molar refractivity (Wildman–Crippen MR) is 123 cm³/mol. The highest BCUT2D eigenvalue weighted by Gasteiger charge is 2.22. The second-order valence-electron chi connectivity index (χ2n) is 7.61. The summed E-state index contributed by atoms with van der Waals surface area (Å²) in [5.41, 5.74) is 3.21. The molecule has 2 heterocycles. The van der Waals surface area contributed by atoms with E-state index in [4.69, 9.17) is 4.74 Å². The quantitative estimate of drug-likeness (QED) is 0.408. The van der Waals surface area contributed by atoms with Crippen LogP contribution in [0.2, 0.25) is 0 Å². The molecule has 0 fully saturated rings. The number of amides is 1. The van der Waals surface area contributed by atoms with Gasteiger partial charge in [-0.3, -0.25) is 9.59 Å². The lowest BCUT2D eigenvalue weighted by atomic mass is 10.1. The lowest BCUT2D eigenvalue weighted by molar-refractivity contribution is -0.158. The number of para-hydroxylation sites is 2. The van der Waals surface area contributed by atoms with Crippen molar-refractivity contribution >= 4 is 44.3 Å². The average molecular weight is 436 g/mol. The van der Waals surface area contributed by atoms with Crippen molar-refractivity contribution in [2.24, 2.45) is 0 Å². The maximum absolute atomic E-state index is 12.6. The summed E-state index contributed by atoms with van der Waals surface area (Å²) in [5, 5.41) is 2.03. The molecule has 4 rings (SSSR count). The molecule has 0 aliphatic heterocycles. The number of ether oxygens (including phenoxy) is 1. The Kier molecular flexibility index (Phi) is 6.32. The molecule has 4 aromatic rings. The van der Waals surface area contributed by atoms with E-state index >= 15 is 0 Å². The molecular formula is C24H25N3O3S. The topological polar surface area (TPSA) is 75.3 Å². The maximum Gasteiger partial charge on any atom is 0.306 e. The number of nitrogens with zero attached hydrogens (tertiary/aromatic N) is 2. The number of rotatable bonds is 8. The van der Waals surface area contributed by atoms with Gasteiger partial charge in [-0.2, -0.15) is 0 Å². The number of nitrogens with one attached hydrogen (secondary N) is 1. The van der Waals surface area contributed by atoms with Gasteiger partial charge in [-0.15, -0.1) is 11.3 Å². The minimum Gasteiger partial charge on any atom is -0.453 e. The largest absolute Gasteiger partial charge is 0.453 e. The molecule has 0 saturated carbocycles. The third-order valence-corrected chi connectivity index (χ3v) is 6.27. The number of hydrogen-bond donors (Lipinski definition) is 1. The van der Waals surface area contributed by atoms with Crippen LogP contribution < -0.4 is 0 Å². The second-order valence-corrected chi connectivity index (χ2v) is 8.73. The van der Waals surface area contributed by atoms with Crippen LogP contribution in [-0.4, -0.2) is 39.9 Å². The van der Waals surface area contributed by atoms with Gasteiger partial charge < -0.3 is 14.6 Å². The molecule has 7 heteroatoms. The first kappa shape index (κ1) is 21.1. The van der Waals surface area contributed by atoms with Gasteiger partial charge in [0, 0.05) is 30.6 Å². The Bertz CT molecular complexity index is 1180. The lowest BCUT2D eigenvalue weighted by Crippen LogP contribution is -2.37. The maximum atomic E-state index is 12.6. The van der Waals surface area contributed by atoms with E-state index in [1.807, 2.05) is 48.7 Å². The summed E-state index contributed by atoms with van der Waals surface area (Å²) in [5.74, 6) is -0.585. The van der Waals surface area contributed by atoms with Crippen LogP contribution in [-0.2, 0) is 27.3 Å². The highest BCUT2D eigenvalue weighted by Crippen LogP contribution is 2.23. The van der Waals surface area contributed by atoms with Gasteiger partial charge in [0.1, 0.15) is 5.01 Å². The van der Waals surface area contributed by atoms with E-state index in [2.05, 4.69) is 16.0 Å². The summed E-state index contributed by atoms with van der Waals surface area (Å²) in [7, 11) is 1.70. The first-order valence-electron chi connectivity index (χ1n) is 10.3. The summed E-state index contributed by atoms with van der Waals surface area (Å²) in [6.45, 7) is 2.01. The molecule has 31 heavy (non-hydrogen) atoms. The highest BCUT2D eigenvalue weighted by molar-refractivity contribution is 7.18. The SMILES string of the molecule is CC(OC(=O)CCCc1c[nH]c2ccccc12)C(=O)N(C)Cc1nc2ccccc2s1. The molecule has 1 atom stereocenters. The number of carbonyl (C=O) groups excluding carboxylic acids is 2. The van der Waals surface area contributed by atoms with E-state index in [9.17, 15) is 9.59 Å². The number of fused-ring (bicyclic) bond motifs is 2. The van der Waals surface area contributed by atoms with Crippen molar-refractivity contribution < 1.29 is 14.3 Å². The molecule has 6 nitrogen and oxygen atoms in total. The van der Waals surface area contributed by atoms with Gasteiger partial charge in [0.05, 0.1) is 16.8 Å². The first-order valence-corrected chi connectivity index (χ1v) is 11.2. The average Bonchev–Trinajstić information content (AvgIpc) is 3.36. The van der Waals surface area contributed by atoms with Crippen LogP contribution in [0.25, 0.3) is 21.1 Å². The van der Waals surface area contributed by atoms with Gasteiger partial charge in [0.25, 0.3) is 5.91 Å². The van der Waals surface area contributed by atoms with Gasteiger partial charge in [-0.1, -0.05) is 30.3 Å². The molecule has 0 bridgehead atoms. The fourth-order valence-electron chi connectivity index (χ4n) is 3.65. The summed E-state index contributed by atoms with van der Waals surface area (Å²) in [6, 6.07) is 16.0. The number of likely N-dealkylation sites (N-methyl/N-ethyl adjacent to an activating group) is 1. The molecule has 0 aliphatic rings. The Hall–Kier alpha value is -3.19. The molecular weight excluding hydrogens is 410 g/mol. The zero-order valence-electron chi connectivity index (χ0n) is 17.6. The standard InChI is InChI=1S/C24H25N3O3S/c1-16(24(29)27(2)15-22-26-20-11-5-6-12-21(20)31-22)30-23(28)13-7-8-17-14-25-19-10-4-3-9-18(17)19/h3-6,9-12,14,16,25H,7-8,13,15H2,1-2H3. The van der Waals surface area contributed by atoms with Crippen LogP contribution in [0.15, 0.2) is 54.7 Å². The third-order valence-electron chi connectivity index (χ3n) is 5.24. The van der Waals surface area contributed by atoms with E-state index in [0.717, 1.165) is 27.2 Å². The number of H-pyrrole nitrogens is 1. The molecule has 160 valence electrons. The number of hydrogen-bond acceptors (Lipinski definition) is 5. The Morgan fingerprint density at radius 2 is 1.94 bits per heavy atom. The van der Waals surface area contributed by atoms with Crippen LogP contribution >= 0.6 is 11.3 Å². The smallest absolute Gasteiger partial charge is 0.306 e. The monoisotopic (exact) mass is 435 g/mol.